The van der Waals surface area contributed by atoms with Crippen molar-refractivity contribution in [3.63, 3.8) is 0 Å². The van der Waals surface area contributed by atoms with Crippen LogP contribution < -0.4 is 4.89 Å². The fourth-order valence-electron chi connectivity index (χ4n) is 0.817. The van der Waals surface area contributed by atoms with Crippen LogP contribution in [-0.2, 0) is 19.7 Å². The summed E-state index contributed by atoms with van der Waals surface area (Å²) in [7, 11) is -3.79. The molecule has 0 amide bonds. The normalized spacial score (nSPS) is 11.2. The zero-order valence-corrected chi connectivity index (χ0v) is 8.40. The number of nitrogens with one attached hydrogen (secondary N) is 1. The van der Waals surface area contributed by atoms with E-state index in [1.54, 1.807) is 23.1 Å². The van der Waals surface area contributed by atoms with Crippen molar-refractivity contribution in [2.24, 2.45) is 0 Å². The zero-order valence-electron chi connectivity index (χ0n) is 7.58. The Hall–Kier alpha value is -1.44. The molecule has 2 N–H and O–H groups in total. The second-order valence-electron chi connectivity index (χ2n) is 2.58. The van der Waals surface area contributed by atoms with Crippen LogP contribution >= 0.6 is 0 Å². The number of carboxylic acid groups (broad SMARTS) is 1. The standard InChI is InChI=1S/C8H9NO5S/c10-8(11)6-14-9-15(12,13)7-4-2-1-3-5-7/h1-5,9H,6H2,(H,10,11). The van der Waals surface area contributed by atoms with Gasteiger partial charge in [0.25, 0.3) is 10.0 Å². The molecule has 0 radical (unpaired) electrons. The van der Waals surface area contributed by atoms with Gasteiger partial charge in [-0.05, 0) is 12.1 Å². The minimum Gasteiger partial charge on any atom is -0.479 e. The van der Waals surface area contributed by atoms with E-state index < -0.39 is 22.6 Å². The molecule has 0 fully saturated rings. The molecule has 0 atom stereocenters. The molecule has 0 unspecified atom stereocenters. The Morgan fingerprint density at radius 3 is 2.47 bits per heavy atom. The smallest absolute Gasteiger partial charge is 0.331 e. The summed E-state index contributed by atoms with van der Waals surface area (Å²) in [6, 6.07) is 7.49. The first-order chi connectivity index (χ1) is 7.02. The Morgan fingerprint density at radius 2 is 1.93 bits per heavy atom. The lowest BCUT2D eigenvalue weighted by Crippen LogP contribution is -2.26. The van der Waals surface area contributed by atoms with Crippen LogP contribution in [0.5, 0.6) is 0 Å². The fourth-order valence-corrected chi connectivity index (χ4v) is 1.64. The molecule has 1 rings (SSSR count). The summed E-state index contributed by atoms with van der Waals surface area (Å²) in [6.07, 6.45) is 0. The fraction of sp³-hybridized carbons (Fsp3) is 0.125. The molecule has 0 aliphatic rings. The van der Waals surface area contributed by atoms with Gasteiger partial charge in [0.15, 0.2) is 6.61 Å². The summed E-state index contributed by atoms with van der Waals surface area (Å²) in [5, 5.41) is 8.22. The molecular formula is C8H9NO5S. The van der Waals surface area contributed by atoms with E-state index in [2.05, 4.69) is 4.84 Å². The Kier molecular flexibility index (Phi) is 3.78. The van der Waals surface area contributed by atoms with Gasteiger partial charge in [0.1, 0.15) is 0 Å². The van der Waals surface area contributed by atoms with Crippen molar-refractivity contribution in [3.05, 3.63) is 30.3 Å². The third-order valence-electron chi connectivity index (χ3n) is 1.42. The Labute approximate surface area is 86.5 Å². The summed E-state index contributed by atoms with van der Waals surface area (Å²) in [6.45, 7) is -0.730. The molecular weight excluding hydrogens is 222 g/mol. The minimum atomic E-state index is -3.79. The number of hydrogen-bond acceptors (Lipinski definition) is 4. The Bertz CT molecular complexity index is 428. The number of aliphatic carboxylic acids is 1. The number of carbonyl (C=O) groups is 1. The van der Waals surface area contributed by atoms with Crippen molar-refractivity contribution in [3.8, 4) is 0 Å². The van der Waals surface area contributed by atoms with E-state index in [0.29, 0.717) is 0 Å². The molecule has 0 aromatic heterocycles. The van der Waals surface area contributed by atoms with Gasteiger partial charge in [-0.3, -0.25) is 4.84 Å². The van der Waals surface area contributed by atoms with Crippen molar-refractivity contribution >= 4 is 16.0 Å². The summed E-state index contributed by atoms with van der Waals surface area (Å²) in [5.41, 5.74) is 0. The average Bonchev–Trinajstić information content (AvgIpc) is 2.18. The molecule has 0 aliphatic heterocycles. The van der Waals surface area contributed by atoms with E-state index in [4.69, 9.17) is 5.11 Å². The minimum absolute atomic E-state index is 0.00962. The Balaban J connectivity index is 2.65. The maximum Gasteiger partial charge on any atom is 0.331 e. The molecule has 0 heterocycles. The molecule has 1 aromatic rings. The maximum atomic E-state index is 11.4. The van der Waals surface area contributed by atoms with E-state index >= 15 is 0 Å². The average molecular weight is 231 g/mol. The SMILES string of the molecule is O=C(O)CONS(=O)(=O)c1ccccc1. The second kappa shape index (κ2) is 4.87. The molecule has 15 heavy (non-hydrogen) atoms. The van der Waals surface area contributed by atoms with Crippen molar-refractivity contribution in [2.45, 2.75) is 4.90 Å². The number of carboxylic acids is 1. The molecule has 0 spiro atoms. The monoisotopic (exact) mass is 231 g/mol. The topological polar surface area (TPSA) is 92.7 Å². The third kappa shape index (κ3) is 3.66. The first kappa shape index (κ1) is 11.6. The van der Waals surface area contributed by atoms with Crippen LogP contribution in [0.25, 0.3) is 0 Å². The summed E-state index contributed by atoms with van der Waals surface area (Å²) >= 11 is 0. The van der Waals surface area contributed by atoms with Crippen molar-refractivity contribution in [1.29, 1.82) is 0 Å². The number of hydrogen-bond donors (Lipinski definition) is 2. The third-order valence-corrected chi connectivity index (χ3v) is 2.65. The number of benzene rings is 1. The molecule has 82 valence electrons. The number of rotatable bonds is 5. The van der Waals surface area contributed by atoms with Crippen LogP contribution in [0, 0.1) is 0 Å². The molecule has 6 nitrogen and oxygen atoms in total. The lowest BCUT2D eigenvalue weighted by atomic mass is 10.4. The molecule has 0 aliphatic carbocycles. The lowest BCUT2D eigenvalue weighted by Gasteiger charge is -2.04. The largest absolute Gasteiger partial charge is 0.479 e. The van der Waals surface area contributed by atoms with Gasteiger partial charge in [-0.2, -0.15) is 0 Å². The molecule has 0 saturated heterocycles. The molecule has 0 saturated carbocycles. The van der Waals surface area contributed by atoms with E-state index in [1.165, 1.54) is 12.1 Å². The van der Waals surface area contributed by atoms with Crippen LogP contribution in [0.3, 0.4) is 0 Å². The van der Waals surface area contributed by atoms with E-state index in [1.807, 2.05) is 0 Å². The van der Waals surface area contributed by atoms with Crippen molar-refractivity contribution in [2.75, 3.05) is 6.61 Å². The Morgan fingerprint density at radius 1 is 1.33 bits per heavy atom. The van der Waals surface area contributed by atoms with Crippen LogP contribution in [0.15, 0.2) is 35.2 Å². The summed E-state index contributed by atoms with van der Waals surface area (Å²) in [5.74, 6) is -1.26. The molecule has 7 heteroatoms. The van der Waals surface area contributed by atoms with Gasteiger partial charge in [0.2, 0.25) is 0 Å². The predicted octanol–water partition coefficient (Wildman–Crippen LogP) is -0.0189. The predicted molar refractivity (Wildman–Crippen MR) is 50.4 cm³/mol. The highest BCUT2D eigenvalue weighted by molar-refractivity contribution is 7.89. The maximum absolute atomic E-state index is 11.4. The van der Waals surface area contributed by atoms with Crippen LogP contribution in [0.2, 0.25) is 0 Å². The van der Waals surface area contributed by atoms with Gasteiger partial charge in [0.05, 0.1) is 4.90 Å². The van der Waals surface area contributed by atoms with Gasteiger partial charge < -0.3 is 5.11 Å². The van der Waals surface area contributed by atoms with Crippen LogP contribution in [0.1, 0.15) is 0 Å². The summed E-state index contributed by atoms with van der Waals surface area (Å²) in [4.78, 5) is 16.0. The summed E-state index contributed by atoms with van der Waals surface area (Å²) < 4.78 is 22.8. The van der Waals surface area contributed by atoms with E-state index in [0.717, 1.165) is 0 Å². The van der Waals surface area contributed by atoms with Gasteiger partial charge in [-0.15, -0.1) is 0 Å². The van der Waals surface area contributed by atoms with Crippen molar-refractivity contribution < 1.29 is 23.2 Å². The quantitative estimate of drug-likeness (QED) is 0.695. The van der Waals surface area contributed by atoms with Gasteiger partial charge >= 0.3 is 5.97 Å². The number of sulfonamides is 1. The highest BCUT2D eigenvalue weighted by Crippen LogP contribution is 2.06. The van der Waals surface area contributed by atoms with Gasteiger partial charge in [-0.25, -0.2) is 13.2 Å². The van der Waals surface area contributed by atoms with Crippen molar-refractivity contribution in [1.82, 2.24) is 4.89 Å². The van der Waals surface area contributed by atoms with Crippen LogP contribution in [0.4, 0.5) is 0 Å². The van der Waals surface area contributed by atoms with E-state index in [-0.39, 0.29) is 4.90 Å². The highest BCUT2D eigenvalue weighted by atomic mass is 32.2. The lowest BCUT2D eigenvalue weighted by molar-refractivity contribution is -0.143. The van der Waals surface area contributed by atoms with Crippen LogP contribution in [-0.4, -0.2) is 26.1 Å². The molecule has 1 aromatic carbocycles. The van der Waals surface area contributed by atoms with Gasteiger partial charge in [-0.1, -0.05) is 23.1 Å². The zero-order chi connectivity index (χ0) is 11.3. The van der Waals surface area contributed by atoms with Gasteiger partial charge in [0, 0.05) is 0 Å². The van der Waals surface area contributed by atoms with E-state index in [9.17, 15) is 13.2 Å². The first-order valence-corrected chi connectivity index (χ1v) is 5.41. The first-order valence-electron chi connectivity index (χ1n) is 3.93. The molecule has 0 bridgehead atoms. The highest BCUT2D eigenvalue weighted by Gasteiger charge is 2.13. The second-order valence-corrected chi connectivity index (χ2v) is 4.23.